The highest BCUT2D eigenvalue weighted by Crippen LogP contribution is 2.36. The standard InChI is InChI=1S/C49H30N6/c1-3-18-37-32(12-1)14-10-22-41(37)47-52-46(53-48(54-47)42-23-11-15-33-13-2-4-19-38(33)42)36-17-9-16-35(30-36)31-25-27-34(28-26-31)44-39-20-5-6-21-40(39)45-49(51-44)55-29-8-7-24-43(55)50-45/h1-30H. The van der Waals surface area contributed by atoms with Gasteiger partial charge >= 0.3 is 0 Å². The Morgan fingerprint density at radius 3 is 1.60 bits per heavy atom. The van der Waals surface area contributed by atoms with E-state index >= 15 is 0 Å². The third-order valence-electron chi connectivity index (χ3n) is 10.5. The molecule has 6 nitrogen and oxygen atoms in total. The summed E-state index contributed by atoms with van der Waals surface area (Å²) in [5, 5.41) is 6.64. The molecule has 0 bridgehead atoms. The number of nitrogens with zero attached hydrogens (tertiary/aromatic N) is 6. The van der Waals surface area contributed by atoms with Crippen LogP contribution in [0, 0.1) is 0 Å². The Morgan fingerprint density at radius 1 is 0.345 bits per heavy atom. The zero-order chi connectivity index (χ0) is 36.3. The predicted molar refractivity (Wildman–Crippen MR) is 224 cm³/mol. The molecule has 0 radical (unpaired) electrons. The maximum Gasteiger partial charge on any atom is 0.165 e. The Hall–Kier alpha value is -7.57. The van der Waals surface area contributed by atoms with Gasteiger partial charge in [-0.2, -0.15) is 0 Å². The van der Waals surface area contributed by atoms with Gasteiger partial charge in [-0.25, -0.2) is 24.9 Å². The number of aromatic nitrogens is 6. The highest BCUT2D eigenvalue weighted by molar-refractivity contribution is 6.09. The van der Waals surface area contributed by atoms with Gasteiger partial charge in [-0.05, 0) is 50.9 Å². The number of benzene rings is 7. The number of hydrogen-bond donors (Lipinski definition) is 0. The van der Waals surface area contributed by atoms with E-state index in [2.05, 4.69) is 162 Å². The van der Waals surface area contributed by atoms with E-state index in [1.54, 1.807) is 0 Å². The second-order valence-corrected chi connectivity index (χ2v) is 13.7. The van der Waals surface area contributed by atoms with Crippen molar-refractivity contribution in [1.29, 1.82) is 0 Å². The molecule has 0 atom stereocenters. The minimum absolute atomic E-state index is 0.622. The van der Waals surface area contributed by atoms with Gasteiger partial charge < -0.3 is 0 Å². The maximum absolute atomic E-state index is 5.20. The summed E-state index contributed by atoms with van der Waals surface area (Å²) < 4.78 is 2.06. The van der Waals surface area contributed by atoms with E-state index in [4.69, 9.17) is 24.9 Å². The summed E-state index contributed by atoms with van der Waals surface area (Å²) in [7, 11) is 0. The van der Waals surface area contributed by atoms with Gasteiger partial charge in [0.05, 0.1) is 5.69 Å². The minimum Gasteiger partial charge on any atom is -0.284 e. The fourth-order valence-corrected chi connectivity index (χ4v) is 7.80. The molecule has 11 aromatic rings. The van der Waals surface area contributed by atoms with Crippen molar-refractivity contribution in [3.63, 3.8) is 0 Å². The van der Waals surface area contributed by atoms with Crippen LogP contribution in [0.25, 0.3) is 106 Å². The molecule has 6 heteroatoms. The van der Waals surface area contributed by atoms with Gasteiger partial charge in [0.1, 0.15) is 11.2 Å². The van der Waals surface area contributed by atoms with E-state index in [0.717, 1.165) is 88.2 Å². The second kappa shape index (κ2) is 12.5. The molecule has 0 spiro atoms. The van der Waals surface area contributed by atoms with E-state index in [-0.39, 0.29) is 0 Å². The quantitative estimate of drug-likeness (QED) is 0.179. The summed E-state index contributed by atoms with van der Waals surface area (Å²) in [6.45, 7) is 0. The summed E-state index contributed by atoms with van der Waals surface area (Å²) in [6.07, 6.45) is 2.02. The van der Waals surface area contributed by atoms with Gasteiger partial charge in [0.2, 0.25) is 0 Å². The molecule has 11 rings (SSSR count). The van der Waals surface area contributed by atoms with E-state index in [1.807, 2.05) is 24.4 Å². The SMILES string of the molecule is c1cc(-c2ccc(-c3nc4c(nc5ccccn54)c4ccccc34)cc2)cc(-c2nc(-c3cccc4ccccc34)nc(-c3cccc4ccccc34)n2)c1. The van der Waals surface area contributed by atoms with Crippen molar-refractivity contribution in [3.8, 4) is 56.5 Å². The molecule has 0 N–H and O–H groups in total. The fraction of sp³-hybridized carbons (Fsp3) is 0. The van der Waals surface area contributed by atoms with Crippen LogP contribution in [0.2, 0.25) is 0 Å². The molecule has 0 fully saturated rings. The molecule has 0 aliphatic heterocycles. The molecule has 0 saturated carbocycles. The third-order valence-corrected chi connectivity index (χ3v) is 10.5. The summed E-state index contributed by atoms with van der Waals surface area (Å²) in [6, 6.07) is 60.8. The first-order valence-electron chi connectivity index (χ1n) is 18.3. The monoisotopic (exact) mass is 702 g/mol. The molecule has 0 aliphatic carbocycles. The molecule has 55 heavy (non-hydrogen) atoms. The zero-order valence-electron chi connectivity index (χ0n) is 29.5. The van der Waals surface area contributed by atoms with Crippen molar-refractivity contribution in [3.05, 3.63) is 182 Å². The summed E-state index contributed by atoms with van der Waals surface area (Å²) in [5.74, 6) is 1.90. The Balaban J connectivity index is 1.03. The fourth-order valence-electron chi connectivity index (χ4n) is 7.80. The molecular formula is C49H30N6. The highest BCUT2D eigenvalue weighted by atomic mass is 15.1. The Bertz CT molecular complexity index is 3170. The average Bonchev–Trinajstić information content (AvgIpc) is 3.64. The lowest BCUT2D eigenvalue weighted by Gasteiger charge is -2.12. The first-order valence-corrected chi connectivity index (χ1v) is 18.3. The topological polar surface area (TPSA) is 68.9 Å². The van der Waals surface area contributed by atoms with Crippen molar-refractivity contribution in [2.24, 2.45) is 0 Å². The molecule has 0 unspecified atom stereocenters. The van der Waals surface area contributed by atoms with E-state index in [9.17, 15) is 0 Å². The first kappa shape index (κ1) is 31.0. The molecule has 0 saturated heterocycles. The van der Waals surface area contributed by atoms with Gasteiger partial charge in [0.25, 0.3) is 0 Å². The Kier molecular flexibility index (Phi) is 7.07. The Labute approximate surface area is 316 Å². The highest BCUT2D eigenvalue weighted by Gasteiger charge is 2.18. The lowest BCUT2D eigenvalue weighted by molar-refractivity contribution is 1.08. The smallest absolute Gasteiger partial charge is 0.165 e. The molecule has 4 aromatic heterocycles. The van der Waals surface area contributed by atoms with Gasteiger partial charge in [-0.15, -0.1) is 0 Å². The van der Waals surface area contributed by atoms with Crippen LogP contribution in [0.1, 0.15) is 0 Å². The van der Waals surface area contributed by atoms with Crippen LogP contribution < -0.4 is 0 Å². The van der Waals surface area contributed by atoms with E-state index < -0.39 is 0 Å². The summed E-state index contributed by atoms with van der Waals surface area (Å²) in [4.78, 5) is 25.6. The van der Waals surface area contributed by atoms with Crippen LogP contribution >= 0.6 is 0 Å². The van der Waals surface area contributed by atoms with Gasteiger partial charge in [0, 0.05) is 39.2 Å². The maximum atomic E-state index is 5.20. The minimum atomic E-state index is 0.622. The third kappa shape index (κ3) is 5.23. The molecule has 0 amide bonds. The van der Waals surface area contributed by atoms with E-state index in [1.165, 1.54) is 0 Å². The largest absolute Gasteiger partial charge is 0.284 e. The van der Waals surface area contributed by atoms with Crippen molar-refractivity contribution in [1.82, 2.24) is 29.3 Å². The van der Waals surface area contributed by atoms with Gasteiger partial charge in [-0.3, -0.25) is 4.40 Å². The normalized spacial score (nSPS) is 11.6. The lowest BCUT2D eigenvalue weighted by Crippen LogP contribution is -2.01. The molecule has 0 aliphatic rings. The predicted octanol–water partition coefficient (Wildman–Crippen LogP) is 11.9. The van der Waals surface area contributed by atoms with Crippen LogP contribution in [0.3, 0.4) is 0 Å². The average molecular weight is 703 g/mol. The van der Waals surface area contributed by atoms with Crippen LogP contribution in [0.15, 0.2) is 182 Å². The number of hydrogen-bond acceptors (Lipinski definition) is 5. The van der Waals surface area contributed by atoms with Crippen LogP contribution in [-0.2, 0) is 0 Å². The number of rotatable bonds is 5. The van der Waals surface area contributed by atoms with Crippen LogP contribution in [0.5, 0.6) is 0 Å². The lowest BCUT2D eigenvalue weighted by atomic mass is 9.98. The van der Waals surface area contributed by atoms with E-state index in [0.29, 0.717) is 17.5 Å². The van der Waals surface area contributed by atoms with Crippen LogP contribution in [0.4, 0.5) is 0 Å². The number of fused-ring (bicyclic) bond motifs is 7. The zero-order valence-corrected chi connectivity index (χ0v) is 29.5. The molecule has 7 aromatic carbocycles. The molecule has 256 valence electrons. The van der Waals surface area contributed by atoms with Gasteiger partial charge in [-0.1, -0.05) is 158 Å². The number of imidazole rings is 1. The number of pyridine rings is 2. The van der Waals surface area contributed by atoms with Crippen LogP contribution in [-0.4, -0.2) is 29.3 Å². The second-order valence-electron chi connectivity index (χ2n) is 13.7. The van der Waals surface area contributed by atoms with Gasteiger partial charge in [0.15, 0.2) is 23.1 Å². The van der Waals surface area contributed by atoms with Crippen molar-refractivity contribution >= 4 is 49.1 Å². The summed E-state index contributed by atoms with van der Waals surface area (Å²) in [5.41, 5.74) is 9.63. The molecular weight excluding hydrogens is 673 g/mol. The van der Waals surface area contributed by atoms with Crippen molar-refractivity contribution < 1.29 is 0 Å². The molecule has 4 heterocycles. The summed E-state index contributed by atoms with van der Waals surface area (Å²) >= 11 is 0. The first-order chi connectivity index (χ1) is 27.2. The Morgan fingerprint density at radius 2 is 0.891 bits per heavy atom. The van der Waals surface area contributed by atoms with Crippen molar-refractivity contribution in [2.75, 3.05) is 0 Å². The van der Waals surface area contributed by atoms with Crippen molar-refractivity contribution in [2.45, 2.75) is 0 Å².